The van der Waals surface area contributed by atoms with Crippen molar-refractivity contribution in [2.24, 2.45) is 28.6 Å². The second-order valence-corrected chi connectivity index (χ2v) is 9.15. The molecule has 4 aliphatic carbocycles. The van der Waals surface area contributed by atoms with Crippen molar-refractivity contribution in [3.8, 4) is 0 Å². The first-order valence-corrected chi connectivity index (χ1v) is 10.0. The molecule has 0 amide bonds. The molecule has 0 heterocycles. The number of carbonyl (C=O) groups is 2. The SMILES string of the molecule is CCC(=O)O[C@@H]1CC2=CC(=O)C=C[C@]2(C)[C@H]2CC[C@]3(C)CCC[C@H]3[C@H]12. The molecule has 3 saturated carbocycles. The van der Waals surface area contributed by atoms with Crippen LogP contribution in [0.3, 0.4) is 0 Å². The van der Waals surface area contributed by atoms with Crippen LogP contribution in [-0.2, 0) is 14.3 Å². The molecule has 4 rings (SSSR count). The lowest BCUT2D eigenvalue weighted by Gasteiger charge is -2.58. The summed E-state index contributed by atoms with van der Waals surface area (Å²) in [7, 11) is 0. The number of carbonyl (C=O) groups excluding carboxylic acids is 2. The normalized spacial score (nSPS) is 45.2. The van der Waals surface area contributed by atoms with E-state index in [2.05, 4.69) is 19.9 Å². The summed E-state index contributed by atoms with van der Waals surface area (Å²) in [5.41, 5.74) is 1.54. The number of hydrogen-bond acceptors (Lipinski definition) is 3. The summed E-state index contributed by atoms with van der Waals surface area (Å²) in [6.45, 7) is 6.61. The molecule has 0 saturated heterocycles. The fraction of sp³-hybridized carbons (Fsp3) is 0.727. The van der Waals surface area contributed by atoms with Crippen LogP contribution in [0.4, 0.5) is 0 Å². The highest BCUT2D eigenvalue weighted by atomic mass is 16.5. The van der Waals surface area contributed by atoms with Crippen LogP contribution in [-0.4, -0.2) is 17.9 Å². The lowest BCUT2D eigenvalue weighted by molar-refractivity contribution is -0.164. The molecule has 3 nitrogen and oxygen atoms in total. The molecule has 0 aromatic carbocycles. The summed E-state index contributed by atoms with van der Waals surface area (Å²) in [5.74, 6) is 1.52. The van der Waals surface area contributed by atoms with Gasteiger partial charge in [0.2, 0.25) is 0 Å². The van der Waals surface area contributed by atoms with Crippen molar-refractivity contribution in [2.45, 2.75) is 71.8 Å². The molecule has 0 aliphatic heterocycles. The number of ketones is 1. The van der Waals surface area contributed by atoms with Crippen molar-refractivity contribution in [1.82, 2.24) is 0 Å². The molecule has 3 fully saturated rings. The molecule has 0 aromatic rings. The van der Waals surface area contributed by atoms with Crippen molar-refractivity contribution in [3.05, 3.63) is 23.8 Å². The van der Waals surface area contributed by atoms with Gasteiger partial charge in [0, 0.05) is 24.2 Å². The lowest BCUT2D eigenvalue weighted by atomic mass is 9.48. The average molecular weight is 342 g/mol. The van der Waals surface area contributed by atoms with Crippen LogP contribution in [0.5, 0.6) is 0 Å². The van der Waals surface area contributed by atoms with Crippen LogP contribution >= 0.6 is 0 Å². The van der Waals surface area contributed by atoms with Crippen LogP contribution in [0, 0.1) is 28.6 Å². The highest BCUT2D eigenvalue weighted by Gasteiger charge is 2.59. The second kappa shape index (κ2) is 5.82. The summed E-state index contributed by atoms with van der Waals surface area (Å²) in [4.78, 5) is 24.1. The molecule has 0 aromatic heterocycles. The van der Waals surface area contributed by atoms with E-state index in [4.69, 9.17) is 4.74 Å². The molecule has 0 unspecified atom stereocenters. The number of fused-ring (bicyclic) bond motifs is 5. The Morgan fingerprint density at radius 2 is 2.04 bits per heavy atom. The predicted octanol–water partition coefficient (Wildman–Crippen LogP) is 4.62. The first-order chi connectivity index (χ1) is 11.9. The Morgan fingerprint density at radius 3 is 2.80 bits per heavy atom. The fourth-order valence-corrected chi connectivity index (χ4v) is 6.51. The Hall–Kier alpha value is -1.38. The first kappa shape index (κ1) is 17.1. The first-order valence-electron chi connectivity index (χ1n) is 10.0. The largest absolute Gasteiger partial charge is 0.462 e. The van der Waals surface area contributed by atoms with E-state index in [1.807, 2.05) is 13.0 Å². The molecule has 0 bridgehead atoms. The topological polar surface area (TPSA) is 43.4 Å². The van der Waals surface area contributed by atoms with Crippen molar-refractivity contribution in [1.29, 1.82) is 0 Å². The number of ether oxygens (including phenoxy) is 1. The Kier molecular flexibility index (Phi) is 3.97. The van der Waals surface area contributed by atoms with E-state index in [0.29, 0.717) is 29.6 Å². The van der Waals surface area contributed by atoms with E-state index in [1.54, 1.807) is 6.08 Å². The molecule has 4 aliphatic rings. The molecule has 136 valence electrons. The maximum absolute atomic E-state index is 12.1. The summed E-state index contributed by atoms with van der Waals surface area (Å²) in [6, 6.07) is 0. The van der Waals surface area contributed by atoms with Gasteiger partial charge >= 0.3 is 5.97 Å². The van der Waals surface area contributed by atoms with Gasteiger partial charge in [-0.3, -0.25) is 9.59 Å². The molecular weight excluding hydrogens is 312 g/mol. The molecule has 0 N–H and O–H groups in total. The van der Waals surface area contributed by atoms with Crippen LogP contribution < -0.4 is 0 Å². The lowest BCUT2D eigenvalue weighted by Crippen LogP contribution is -2.54. The predicted molar refractivity (Wildman–Crippen MR) is 96.8 cm³/mol. The average Bonchev–Trinajstić information content (AvgIpc) is 2.97. The van der Waals surface area contributed by atoms with E-state index in [1.165, 1.54) is 37.7 Å². The van der Waals surface area contributed by atoms with Gasteiger partial charge in [-0.05, 0) is 55.1 Å². The fourth-order valence-electron chi connectivity index (χ4n) is 6.51. The van der Waals surface area contributed by atoms with Gasteiger partial charge in [0.15, 0.2) is 5.78 Å². The van der Waals surface area contributed by atoms with Gasteiger partial charge in [-0.1, -0.05) is 38.8 Å². The standard InChI is InChI=1S/C22H30O3/c1-4-19(24)25-18-13-14-12-15(23)7-11-22(14,3)17-8-10-21(2)9-5-6-16(21)20(17)18/h7,11-12,16-18,20H,4-6,8-10,13H2,1-3H3/t16-,17-,18+,20-,21-,22-/m0/s1. The monoisotopic (exact) mass is 342 g/mol. The van der Waals surface area contributed by atoms with Gasteiger partial charge in [0.1, 0.15) is 6.10 Å². The highest BCUT2D eigenvalue weighted by Crippen LogP contribution is 2.64. The summed E-state index contributed by atoms with van der Waals surface area (Å²) in [6.07, 6.45) is 13.1. The van der Waals surface area contributed by atoms with Crippen LogP contribution in [0.2, 0.25) is 0 Å². The minimum atomic E-state index is -0.101. The maximum atomic E-state index is 12.1. The Balaban J connectivity index is 1.75. The van der Waals surface area contributed by atoms with Gasteiger partial charge in [-0.2, -0.15) is 0 Å². The van der Waals surface area contributed by atoms with Gasteiger partial charge < -0.3 is 4.74 Å². The van der Waals surface area contributed by atoms with Crippen LogP contribution in [0.25, 0.3) is 0 Å². The van der Waals surface area contributed by atoms with E-state index in [0.717, 1.165) is 6.42 Å². The third-order valence-corrected chi connectivity index (χ3v) is 7.91. The molecule has 0 radical (unpaired) electrons. The summed E-state index contributed by atoms with van der Waals surface area (Å²) < 4.78 is 5.98. The second-order valence-electron chi connectivity index (χ2n) is 9.15. The Bertz CT molecular complexity index is 660. The Morgan fingerprint density at radius 1 is 1.24 bits per heavy atom. The summed E-state index contributed by atoms with van der Waals surface area (Å²) in [5, 5.41) is 0. The number of allylic oxidation sites excluding steroid dienone is 3. The van der Waals surface area contributed by atoms with Gasteiger partial charge in [-0.15, -0.1) is 0 Å². The van der Waals surface area contributed by atoms with Crippen LogP contribution in [0.1, 0.15) is 65.7 Å². The zero-order chi connectivity index (χ0) is 17.8. The van der Waals surface area contributed by atoms with E-state index >= 15 is 0 Å². The van der Waals surface area contributed by atoms with Crippen molar-refractivity contribution >= 4 is 11.8 Å². The van der Waals surface area contributed by atoms with Gasteiger partial charge in [0.05, 0.1) is 0 Å². The number of esters is 1. The number of rotatable bonds is 2. The number of hydrogen-bond donors (Lipinski definition) is 0. The third-order valence-electron chi connectivity index (χ3n) is 7.91. The van der Waals surface area contributed by atoms with E-state index < -0.39 is 0 Å². The van der Waals surface area contributed by atoms with Crippen LogP contribution in [0.15, 0.2) is 23.8 Å². The quantitative estimate of drug-likeness (QED) is 0.688. The highest BCUT2D eigenvalue weighted by molar-refractivity contribution is 6.01. The van der Waals surface area contributed by atoms with Gasteiger partial charge in [0.25, 0.3) is 0 Å². The minimum Gasteiger partial charge on any atom is -0.462 e. The minimum absolute atomic E-state index is 0.0440. The van der Waals surface area contributed by atoms with Crippen molar-refractivity contribution in [3.63, 3.8) is 0 Å². The van der Waals surface area contributed by atoms with E-state index in [9.17, 15) is 9.59 Å². The maximum Gasteiger partial charge on any atom is 0.305 e. The molecule has 25 heavy (non-hydrogen) atoms. The van der Waals surface area contributed by atoms with Crippen molar-refractivity contribution in [2.75, 3.05) is 0 Å². The smallest absolute Gasteiger partial charge is 0.305 e. The molecule has 0 spiro atoms. The van der Waals surface area contributed by atoms with Gasteiger partial charge in [-0.25, -0.2) is 0 Å². The van der Waals surface area contributed by atoms with Crippen molar-refractivity contribution < 1.29 is 14.3 Å². The Labute approximate surface area is 150 Å². The molecule has 6 atom stereocenters. The zero-order valence-corrected chi connectivity index (χ0v) is 15.7. The summed E-state index contributed by atoms with van der Waals surface area (Å²) >= 11 is 0. The van der Waals surface area contributed by atoms with E-state index in [-0.39, 0.29) is 23.3 Å². The zero-order valence-electron chi connectivity index (χ0n) is 15.7. The molecular formula is C22H30O3. The molecule has 3 heteroatoms. The third kappa shape index (κ3) is 2.53.